The summed E-state index contributed by atoms with van der Waals surface area (Å²) >= 11 is 11.9. The van der Waals surface area contributed by atoms with Crippen molar-refractivity contribution in [2.75, 3.05) is 43.0 Å². The minimum Gasteiger partial charge on any atom is -0.486 e. The van der Waals surface area contributed by atoms with Gasteiger partial charge in [0.1, 0.15) is 13.2 Å². The second-order valence-electron chi connectivity index (χ2n) is 8.79. The highest BCUT2D eigenvalue weighted by Crippen LogP contribution is 2.32. The number of hydrogen-bond donors (Lipinski definition) is 1. The van der Waals surface area contributed by atoms with Crippen molar-refractivity contribution in [1.82, 2.24) is 5.43 Å². The lowest BCUT2D eigenvalue weighted by atomic mass is 9.91. The molecule has 1 aliphatic rings. The van der Waals surface area contributed by atoms with Gasteiger partial charge in [0.2, 0.25) is 5.91 Å². The Hall–Kier alpha value is -3.22. The molecule has 6 nitrogen and oxygen atoms in total. The van der Waals surface area contributed by atoms with Crippen molar-refractivity contribution < 1.29 is 14.3 Å². The molecule has 0 saturated carbocycles. The monoisotopic (exact) mass is 539 g/mol. The zero-order valence-corrected chi connectivity index (χ0v) is 22.3. The number of carbonyl (C=O) groups excluding carboxylic acids is 1. The van der Waals surface area contributed by atoms with Crippen molar-refractivity contribution in [2.24, 2.45) is 5.10 Å². The van der Waals surface area contributed by atoms with E-state index in [4.69, 9.17) is 32.7 Å². The molecule has 1 heterocycles. The van der Waals surface area contributed by atoms with Crippen LogP contribution in [0.1, 0.15) is 28.2 Å². The molecule has 0 radical (unpaired) electrons. The molecule has 4 rings (SSSR count). The van der Waals surface area contributed by atoms with Crippen LogP contribution in [0.15, 0.2) is 71.8 Å². The molecule has 0 aromatic heterocycles. The SMILES string of the molecule is Cc1cc(N(CCCl)CCCl)ccc1/C=N\NC(=O)[C@H](Cc1ccc2c(c1)OCCO2)c1ccccc1. The standard InChI is InChI=1S/C29H31Cl2N3O3/c1-21-17-25(34(13-11-30)14-12-31)9-8-24(21)20-32-33-29(35)26(23-5-3-2-4-6-23)18-22-7-10-27-28(19-22)37-16-15-36-27/h2-10,17,19-20,26H,11-16,18H2,1H3,(H,33,35)/b32-20-/t26-/m1/s1. The smallest absolute Gasteiger partial charge is 0.247 e. The summed E-state index contributed by atoms with van der Waals surface area (Å²) in [4.78, 5) is 15.4. The van der Waals surface area contributed by atoms with Gasteiger partial charge in [-0.25, -0.2) is 5.43 Å². The van der Waals surface area contributed by atoms with Crippen molar-refractivity contribution in [3.63, 3.8) is 0 Å². The third-order valence-corrected chi connectivity index (χ3v) is 6.61. The average molecular weight is 540 g/mol. The number of alkyl halides is 2. The molecule has 3 aromatic carbocycles. The molecule has 194 valence electrons. The predicted octanol–water partition coefficient (Wildman–Crippen LogP) is 5.53. The van der Waals surface area contributed by atoms with Crippen LogP contribution in [0.4, 0.5) is 5.69 Å². The Morgan fingerprint density at radius 1 is 1.00 bits per heavy atom. The molecule has 1 amide bonds. The van der Waals surface area contributed by atoms with Crippen molar-refractivity contribution in [1.29, 1.82) is 0 Å². The van der Waals surface area contributed by atoms with Gasteiger partial charge in [0.15, 0.2) is 11.5 Å². The Morgan fingerprint density at radius 2 is 1.73 bits per heavy atom. The summed E-state index contributed by atoms with van der Waals surface area (Å²) in [5.41, 5.74) is 7.68. The number of anilines is 1. The molecule has 3 aromatic rings. The van der Waals surface area contributed by atoms with Crippen molar-refractivity contribution in [3.8, 4) is 11.5 Å². The number of halogens is 2. The van der Waals surface area contributed by atoms with E-state index in [1.807, 2.05) is 67.6 Å². The van der Waals surface area contributed by atoms with E-state index in [9.17, 15) is 4.79 Å². The number of carbonyl (C=O) groups is 1. The first kappa shape index (κ1) is 26.8. The average Bonchev–Trinajstić information content (AvgIpc) is 2.92. The molecule has 8 heteroatoms. The molecule has 1 atom stereocenters. The van der Waals surface area contributed by atoms with Gasteiger partial charge in [-0.2, -0.15) is 5.10 Å². The fraction of sp³-hybridized carbons (Fsp3) is 0.310. The van der Waals surface area contributed by atoms with Crippen LogP contribution >= 0.6 is 23.2 Å². The number of amides is 1. The number of nitrogens with one attached hydrogen (secondary N) is 1. The zero-order valence-electron chi connectivity index (χ0n) is 20.8. The Bertz CT molecular complexity index is 1210. The Balaban J connectivity index is 1.47. The molecule has 0 saturated heterocycles. The first-order valence-electron chi connectivity index (χ1n) is 12.3. The van der Waals surface area contributed by atoms with Gasteiger partial charge in [-0.05, 0) is 59.9 Å². The highest BCUT2D eigenvalue weighted by atomic mass is 35.5. The number of benzene rings is 3. The molecule has 37 heavy (non-hydrogen) atoms. The van der Waals surface area contributed by atoms with Gasteiger partial charge in [-0.3, -0.25) is 4.79 Å². The lowest BCUT2D eigenvalue weighted by Gasteiger charge is -2.23. The molecular formula is C29H31Cl2N3O3. The normalized spacial score (nSPS) is 13.4. The Kier molecular flexibility index (Phi) is 9.69. The van der Waals surface area contributed by atoms with Crippen LogP contribution in [0, 0.1) is 6.92 Å². The fourth-order valence-electron chi connectivity index (χ4n) is 4.32. The van der Waals surface area contributed by atoms with Crippen molar-refractivity contribution in [2.45, 2.75) is 19.3 Å². The first-order valence-corrected chi connectivity index (χ1v) is 13.4. The third-order valence-electron chi connectivity index (χ3n) is 6.27. The predicted molar refractivity (Wildman–Crippen MR) is 151 cm³/mol. The molecule has 1 N–H and O–H groups in total. The number of ether oxygens (including phenoxy) is 2. The van der Waals surface area contributed by atoms with Gasteiger partial charge in [0, 0.05) is 30.5 Å². The number of hydrazone groups is 1. The van der Waals surface area contributed by atoms with Crippen LogP contribution < -0.4 is 19.8 Å². The molecular weight excluding hydrogens is 509 g/mol. The van der Waals surface area contributed by atoms with Crippen LogP contribution in [0.25, 0.3) is 0 Å². The van der Waals surface area contributed by atoms with Crippen LogP contribution in [0.5, 0.6) is 11.5 Å². The van der Waals surface area contributed by atoms with Gasteiger partial charge in [0.05, 0.1) is 12.1 Å². The third kappa shape index (κ3) is 7.18. The molecule has 0 fully saturated rings. The van der Waals surface area contributed by atoms with Crippen LogP contribution in [0.2, 0.25) is 0 Å². The number of nitrogens with zero attached hydrogens (tertiary/aromatic N) is 2. The number of aryl methyl sites for hydroxylation is 1. The molecule has 0 unspecified atom stereocenters. The van der Waals surface area contributed by atoms with Crippen LogP contribution in [-0.2, 0) is 11.2 Å². The van der Waals surface area contributed by atoms with E-state index in [2.05, 4.69) is 21.5 Å². The van der Waals surface area contributed by atoms with Gasteiger partial charge in [0.25, 0.3) is 0 Å². The minimum atomic E-state index is -0.413. The molecule has 0 aliphatic carbocycles. The number of hydrogen-bond acceptors (Lipinski definition) is 5. The Labute approximate surface area is 228 Å². The maximum Gasteiger partial charge on any atom is 0.247 e. The van der Waals surface area contributed by atoms with E-state index in [1.165, 1.54) is 0 Å². The number of fused-ring (bicyclic) bond motifs is 1. The lowest BCUT2D eigenvalue weighted by molar-refractivity contribution is -0.122. The van der Waals surface area contributed by atoms with Crippen molar-refractivity contribution in [3.05, 3.63) is 89.0 Å². The second kappa shape index (κ2) is 13.4. The topological polar surface area (TPSA) is 63.2 Å². The van der Waals surface area contributed by atoms with Gasteiger partial charge in [-0.1, -0.05) is 42.5 Å². The van der Waals surface area contributed by atoms with Crippen LogP contribution in [0.3, 0.4) is 0 Å². The van der Waals surface area contributed by atoms with E-state index in [1.54, 1.807) is 6.21 Å². The highest BCUT2D eigenvalue weighted by molar-refractivity contribution is 6.18. The van der Waals surface area contributed by atoms with E-state index >= 15 is 0 Å². The maximum absolute atomic E-state index is 13.3. The summed E-state index contributed by atoms with van der Waals surface area (Å²) in [6.07, 6.45) is 2.18. The summed E-state index contributed by atoms with van der Waals surface area (Å²) in [5, 5.41) is 4.28. The Morgan fingerprint density at radius 3 is 2.43 bits per heavy atom. The fourth-order valence-corrected chi connectivity index (χ4v) is 4.72. The minimum absolute atomic E-state index is 0.179. The zero-order chi connectivity index (χ0) is 26.0. The van der Waals surface area contributed by atoms with Gasteiger partial charge < -0.3 is 14.4 Å². The number of rotatable bonds is 11. The second-order valence-corrected chi connectivity index (χ2v) is 9.54. The highest BCUT2D eigenvalue weighted by Gasteiger charge is 2.22. The summed E-state index contributed by atoms with van der Waals surface area (Å²) in [6, 6.07) is 21.6. The van der Waals surface area contributed by atoms with E-state index in [0.717, 1.165) is 46.8 Å². The lowest BCUT2D eigenvalue weighted by Crippen LogP contribution is -2.27. The van der Waals surface area contributed by atoms with Gasteiger partial charge in [-0.15, -0.1) is 23.2 Å². The largest absolute Gasteiger partial charge is 0.486 e. The van der Waals surface area contributed by atoms with Gasteiger partial charge >= 0.3 is 0 Å². The summed E-state index contributed by atoms with van der Waals surface area (Å²) in [5.74, 6) is 1.91. The van der Waals surface area contributed by atoms with Crippen LogP contribution in [-0.4, -0.2) is 50.2 Å². The summed E-state index contributed by atoms with van der Waals surface area (Å²) < 4.78 is 11.3. The van der Waals surface area contributed by atoms with Crippen molar-refractivity contribution >= 4 is 41.0 Å². The van der Waals surface area contributed by atoms with E-state index in [0.29, 0.717) is 37.1 Å². The molecule has 1 aliphatic heterocycles. The first-order chi connectivity index (χ1) is 18.1. The van der Waals surface area contributed by atoms with E-state index in [-0.39, 0.29) is 5.91 Å². The summed E-state index contributed by atoms with van der Waals surface area (Å²) in [6.45, 7) is 4.52. The maximum atomic E-state index is 13.3. The summed E-state index contributed by atoms with van der Waals surface area (Å²) in [7, 11) is 0. The van der Waals surface area contributed by atoms with E-state index < -0.39 is 5.92 Å². The molecule has 0 spiro atoms. The molecule has 0 bridgehead atoms. The quantitative estimate of drug-likeness (QED) is 0.198.